The largest absolute Gasteiger partial charge is 0.395 e. The van der Waals surface area contributed by atoms with Crippen LogP contribution in [0.5, 0.6) is 0 Å². The number of nitrogens with zero attached hydrogens (tertiary/aromatic N) is 4. The lowest BCUT2D eigenvalue weighted by atomic mass is 9.88. The Morgan fingerprint density at radius 2 is 1.07 bits per heavy atom. The molecule has 0 bridgehead atoms. The molecule has 0 radical (unpaired) electrons. The Morgan fingerprint density at radius 1 is 0.643 bits per heavy atom. The first-order valence-corrected chi connectivity index (χ1v) is 15.5. The molecule has 2 aliphatic carbocycles. The number of rotatable bonds is 10. The van der Waals surface area contributed by atoms with Crippen molar-refractivity contribution in [3.05, 3.63) is 59.2 Å². The lowest BCUT2D eigenvalue weighted by molar-refractivity contribution is 0.103. The van der Waals surface area contributed by atoms with Gasteiger partial charge in [0, 0.05) is 46.8 Å². The molecule has 2 saturated carbocycles. The Bertz CT molecular complexity index is 1450. The maximum absolute atomic E-state index is 13.8. The predicted molar refractivity (Wildman–Crippen MR) is 165 cm³/mol. The summed E-state index contributed by atoms with van der Waals surface area (Å²) >= 11 is 0. The van der Waals surface area contributed by atoms with Crippen LogP contribution >= 0.6 is 0 Å². The summed E-state index contributed by atoms with van der Waals surface area (Å²) in [5.74, 6) is 3.55. The average Bonchev–Trinajstić information content (AvgIpc) is 3.05. The molecule has 220 valence electrons. The smallest absolute Gasteiger partial charge is 0.193 e. The van der Waals surface area contributed by atoms with E-state index in [1.807, 2.05) is 36.4 Å². The van der Waals surface area contributed by atoms with E-state index in [2.05, 4.69) is 10.6 Å². The first-order valence-electron chi connectivity index (χ1n) is 15.5. The topological polar surface area (TPSA) is 133 Å². The van der Waals surface area contributed by atoms with E-state index in [1.54, 1.807) is 0 Å². The molecular formula is C33H40N6O3. The number of benzene rings is 2. The van der Waals surface area contributed by atoms with Crippen molar-refractivity contribution in [2.24, 2.45) is 0 Å². The minimum atomic E-state index is -0.118. The fraction of sp³-hybridized carbons (Fsp3) is 0.485. The van der Waals surface area contributed by atoms with Crippen LogP contribution in [-0.2, 0) is 0 Å². The highest BCUT2D eigenvalue weighted by Gasteiger charge is 2.23. The standard InChI is InChI=1S/C33H40N6O3/c40-17-15-34-32-25-19-23(11-13-27(25)36-30(38-32)21-7-3-1-4-8-21)29(42)24-12-14-28-26(20-24)33(35-16-18-41)39-31(37-28)22-9-5-2-6-10-22/h11-14,19-22,40-41H,1-10,15-18H2,(H,34,36,38)(H,35,37,39). The number of hydrogen-bond donors (Lipinski definition) is 4. The molecule has 2 aliphatic rings. The van der Waals surface area contributed by atoms with Crippen molar-refractivity contribution in [2.45, 2.75) is 76.0 Å². The third-order valence-electron chi connectivity index (χ3n) is 8.70. The number of carbonyl (C=O) groups excluding carboxylic acids is 1. The molecule has 0 spiro atoms. The zero-order valence-corrected chi connectivity index (χ0v) is 24.1. The highest BCUT2D eigenvalue weighted by Crippen LogP contribution is 2.35. The van der Waals surface area contributed by atoms with Crippen LogP contribution in [0.1, 0.15) is 104 Å². The lowest BCUT2D eigenvalue weighted by Gasteiger charge is -2.21. The van der Waals surface area contributed by atoms with Gasteiger partial charge in [-0.25, -0.2) is 19.9 Å². The molecular weight excluding hydrogens is 528 g/mol. The first-order chi connectivity index (χ1) is 20.6. The van der Waals surface area contributed by atoms with Gasteiger partial charge in [0.05, 0.1) is 24.2 Å². The van der Waals surface area contributed by atoms with E-state index in [4.69, 9.17) is 19.9 Å². The molecule has 0 unspecified atom stereocenters. The van der Waals surface area contributed by atoms with Crippen LogP contribution in [0, 0.1) is 0 Å². The molecule has 9 nitrogen and oxygen atoms in total. The highest BCUT2D eigenvalue weighted by atomic mass is 16.3. The molecule has 0 aliphatic heterocycles. The Labute approximate surface area is 246 Å². The van der Waals surface area contributed by atoms with E-state index in [9.17, 15) is 15.0 Å². The molecule has 2 heterocycles. The van der Waals surface area contributed by atoms with Gasteiger partial charge in [-0.1, -0.05) is 38.5 Å². The van der Waals surface area contributed by atoms with Crippen LogP contribution in [0.3, 0.4) is 0 Å². The van der Waals surface area contributed by atoms with E-state index in [1.165, 1.54) is 38.5 Å². The number of aromatic nitrogens is 4. The molecule has 0 amide bonds. The van der Waals surface area contributed by atoms with Crippen molar-refractivity contribution >= 4 is 39.2 Å². The molecule has 2 aromatic carbocycles. The van der Waals surface area contributed by atoms with Gasteiger partial charge in [-0.2, -0.15) is 0 Å². The van der Waals surface area contributed by atoms with E-state index in [0.29, 0.717) is 47.7 Å². The van der Waals surface area contributed by atoms with Crippen LogP contribution in [0.15, 0.2) is 36.4 Å². The fourth-order valence-corrected chi connectivity index (χ4v) is 6.45. The van der Waals surface area contributed by atoms with Gasteiger partial charge in [-0.15, -0.1) is 0 Å². The summed E-state index contributed by atoms with van der Waals surface area (Å²) in [4.78, 5) is 33.4. The van der Waals surface area contributed by atoms with Gasteiger partial charge >= 0.3 is 0 Å². The summed E-state index contributed by atoms with van der Waals surface area (Å²) in [7, 11) is 0. The summed E-state index contributed by atoms with van der Waals surface area (Å²) in [5, 5.41) is 27.0. The van der Waals surface area contributed by atoms with Crippen molar-refractivity contribution in [3.63, 3.8) is 0 Å². The zero-order valence-electron chi connectivity index (χ0n) is 24.1. The molecule has 0 saturated heterocycles. The molecule has 2 fully saturated rings. The van der Waals surface area contributed by atoms with Crippen molar-refractivity contribution in [2.75, 3.05) is 36.9 Å². The van der Waals surface area contributed by atoms with E-state index in [0.717, 1.165) is 59.1 Å². The number of carbonyl (C=O) groups is 1. The normalized spacial score (nSPS) is 16.6. The first kappa shape index (κ1) is 28.4. The maximum Gasteiger partial charge on any atom is 0.193 e. The van der Waals surface area contributed by atoms with Gasteiger partial charge in [0.2, 0.25) is 0 Å². The second-order valence-electron chi connectivity index (χ2n) is 11.6. The van der Waals surface area contributed by atoms with Gasteiger partial charge in [0.1, 0.15) is 23.3 Å². The Morgan fingerprint density at radius 3 is 1.48 bits per heavy atom. The quantitative estimate of drug-likeness (QED) is 0.178. The molecule has 4 N–H and O–H groups in total. The summed E-state index contributed by atoms with van der Waals surface area (Å²) in [6, 6.07) is 11.1. The molecule has 42 heavy (non-hydrogen) atoms. The van der Waals surface area contributed by atoms with Crippen LogP contribution in [0.4, 0.5) is 11.6 Å². The van der Waals surface area contributed by atoms with Crippen LogP contribution in [0.25, 0.3) is 21.8 Å². The van der Waals surface area contributed by atoms with Crippen molar-refractivity contribution < 1.29 is 15.0 Å². The van der Waals surface area contributed by atoms with Crippen molar-refractivity contribution in [1.29, 1.82) is 0 Å². The number of aliphatic hydroxyl groups excluding tert-OH is 2. The van der Waals surface area contributed by atoms with Gasteiger partial charge in [-0.05, 0) is 62.1 Å². The molecule has 2 aromatic heterocycles. The Hall–Kier alpha value is -3.69. The van der Waals surface area contributed by atoms with Crippen molar-refractivity contribution in [1.82, 2.24) is 19.9 Å². The third-order valence-corrected chi connectivity index (χ3v) is 8.70. The van der Waals surface area contributed by atoms with Crippen LogP contribution in [0.2, 0.25) is 0 Å². The third kappa shape index (κ3) is 6.08. The number of anilines is 2. The number of fused-ring (bicyclic) bond motifs is 2. The van der Waals surface area contributed by atoms with E-state index < -0.39 is 0 Å². The molecule has 4 aromatic rings. The summed E-state index contributed by atoms with van der Waals surface area (Å²) < 4.78 is 0. The summed E-state index contributed by atoms with van der Waals surface area (Å²) in [6.45, 7) is 0.700. The maximum atomic E-state index is 13.8. The van der Waals surface area contributed by atoms with E-state index in [-0.39, 0.29) is 19.0 Å². The minimum Gasteiger partial charge on any atom is -0.395 e. The SMILES string of the molecule is O=C(c1ccc2nc(C3CCCCC3)nc(NCCO)c2c1)c1ccc2nc(C3CCCCC3)nc(NCCO)c2c1. The summed E-state index contributed by atoms with van der Waals surface area (Å²) in [6.07, 6.45) is 11.6. The molecule has 6 rings (SSSR count). The second kappa shape index (κ2) is 13.1. The Kier molecular flexibility index (Phi) is 8.86. The monoisotopic (exact) mass is 568 g/mol. The number of nitrogens with one attached hydrogen (secondary N) is 2. The Balaban J connectivity index is 1.35. The highest BCUT2D eigenvalue weighted by molar-refractivity contribution is 6.13. The summed E-state index contributed by atoms with van der Waals surface area (Å²) in [5.41, 5.74) is 2.65. The van der Waals surface area contributed by atoms with Crippen LogP contribution in [-0.4, -0.2) is 62.2 Å². The average molecular weight is 569 g/mol. The molecule has 9 heteroatoms. The van der Waals surface area contributed by atoms with Gasteiger partial charge in [0.15, 0.2) is 5.78 Å². The second-order valence-corrected chi connectivity index (χ2v) is 11.6. The lowest BCUT2D eigenvalue weighted by Crippen LogP contribution is -2.14. The minimum absolute atomic E-state index is 0.0167. The van der Waals surface area contributed by atoms with Gasteiger partial charge in [0.25, 0.3) is 0 Å². The fourth-order valence-electron chi connectivity index (χ4n) is 6.45. The predicted octanol–water partition coefficient (Wildman–Crippen LogP) is 5.71. The van der Waals surface area contributed by atoms with E-state index >= 15 is 0 Å². The number of ketones is 1. The van der Waals surface area contributed by atoms with Crippen LogP contribution < -0.4 is 10.6 Å². The number of aliphatic hydroxyl groups is 2. The number of hydrogen-bond acceptors (Lipinski definition) is 9. The van der Waals surface area contributed by atoms with Gasteiger partial charge < -0.3 is 20.8 Å². The van der Waals surface area contributed by atoms with Gasteiger partial charge in [-0.3, -0.25) is 4.79 Å². The zero-order chi connectivity index (χ0) is 28.9. The molecule has 0 atom stereocenters. The van der Waals surface area contributed by atoms with Crippen molar-refractivity contribution in [3.8, 4) is 0 Å².